The quantitative estimate of drug-likeness (QED) is 0.429. The molecule has 0 radical (unpaired) electrons. The maximum absolute atomic E-state index is 10.4. The molecule has 3 N–H and O–H groups in total. The third-order valence-electron chi connectivity index (χ3n) is 5.74. The van der Waals surface area contributed by atoms with E-state index in [0.29, 0.717) is 17.5 Å². The van der Waals surface area contributed by atoms with Gasteiger partial charge in [0.15, 0.2) is 0 Å². The standard InChI is InChI=1S/C25H23N3O5/c29-14-19-13-21(30)22(31)23(32-19)18-5-3-4-17(12-18)15-7-9-16(10-8-15)24-27-28-25(33-24)20-6-1-2-11-26-20/h1-12,19,21-23,29-31H,13-14H2. The zero-order chi connectivity index (χ0) is 22.8. The highest BCUT2D eigenvalue weighted by Crippen LogP contribution is 2.34. The summed E-state index contributed by atoms with van der Waals surface area (Å²) in [5, 5.41) is 38.2. The van der Waals surface area contributed by atoms with Crippen LogP contribution in [0.1, 0.15) is 18.1 Å². The van der Waals surface area contributed by atoms with Crippen LogP contribution in [0.4, 0.5) is 0 Å². The van der Waals surface area contributed by atoms with Crippen LogP contribution in [0.3, 0.4) is 0 Å². The number of aliphatic hydroxyl groups excluding tert-OH is 3. The largest absolute Gasteiger partial charge is 0.415 e. The van der Waals surface area contributed by atoms with Gasteiger partial charge in [-0.2, -0.15) is 0 Å². The van der Waals surface area contributed by atoms with Crippen LogP contribution in [0.2, 0.25) is 0 Å². The Kier molecular flexibility index (Phi) is 5.97. The van der Waals surface area contributed by atoms with Gasteiger partial charge in [0.2, 0.25) is 5.89 Å². The molecule has 0 bridgehead atoms. The summed E-state index contributed by atoms with van der Waals surface area (Å²) in [6, 6.07) is 20.8. The molecule has 4 unspecified atom stereocenters. The van der Waals surface area contributed by atoms with Crippen molar-refractivity contribution in [3.8, 4) is 34.2 Å². The van der Waals surface area contributed by atoms with Gasteiger partial charge in [0.05, 0.1) is 18.8 Å². The number of hydrogen-bond acceptors (Lipinski definition) is 8. The average Bonchev–Trinajstić information content (AvgIpc) is 3.37. The van der Waals surface area contributed by atoms with Gasteiger partial charge >= 0.3 is 0 Å². The maximum atomic E-state index is 10.4. The SMILES string of the molecule is OCC1CC(O)C(O)C(c2cccc(-c3ccc(-c4nnc(-c5ccccn5)o4)cc3)c2)O1. The lowest BCUT2D eigenvalue weighted by molar-refractivity contribution is -0.179. The molecule has 33 heavy (non-hydrogen) atoms. The molecule has 0 aliphatic carbocycles. The molecule has 4 atom stereocenters. The first-order chi connectivity index (χ1) is 16.1. The van der Waals surface area contributed by atoms with Crippen LogP contribution in [0.15, 0.2) is 77.3 Å². The number of pyridine rings is 1. The number of ether oxygens (including phenoxy) is 1. The topological polar surface area (TPSA) is 122 Å². The minimum Gasteiger partial charge on any atom is -0.415 e. The third-order valence-corrected chi connectivity index (χ3v) is 5.74. The second-order valence-electron chi connectivity index (χ2n) is 7.99. The number of benzene rings is 2. The Labute approximate surface area is 190 Å². The van der Waals surface area contributed by atoms with Crippen molar-refractivity contribution in [2.24, 2.45) is 0 Å². The number of nitrogens with zero attached hydrogens (tertiary/aromatic N) is 3. The molecular formula is C25H23N3O5. The Bertz CT molecular complexity index is 1210. The van der Waals surface area contributed by atoms with E-state index in [0.717, 1.165) is 22.3 Å². The Balaban J connectivity index is 1.37. The minimum absolute atomic E-state index is 0.201. The second kappa shape index (κ2) is 9.21. The first kappa shape index (κ1) is 21.4. The van der Waals surface area contributed by atoms with Crippen molar-refractivity contribution in [1.29, 1.82) is 0 Å². The van der Waals surface area contributed by atoms with Crippen LogP contribution < -0.4 is 0 Å². The van der Waals surface area contributed by atoms with E-state index < -0.39 is 24.4 Å². The van der Waals surface area contributed by atoms with E-state index in [2.05, 4.69) is 15.2 Å². The fourth-order valence-corrected chi connectivity index (χ4v) is 3.98. The van der Waals surface area contributed by atoms with Crippen LogP contribution in [0, 0.1) is 0 Å². The summed E-state index contributed by atoms with van der Waals surface area (Å²) in [6.07, 6.45) is -1.36. The molecule has 1 fully saturated rings. The van der Waals surface area contributed by atoms with E-state index in [1.54, 1.807) is 6.20 Å². The molecule has 1 aliphatic heterocycles. The lowest BCUT2D eigenvalue weighted by Gasteiger charge is -2.37. The molecular weight excluding hydrogens is 422 g/mol. The van der Waals surface area contributed by atoms with E-state index in [1.165, 1.54) is 0 Å². The first-order valence-corrected chi connectivity index (χ1v) is 10.7. The summed E-state index contributed by atoms with van der Waals surface area (Å²) in [6.45, 7) is -0.209. The van der Waals surface area contributed by atoms with Gasteiger partial charge < -0.3 is 24.5 Å². The van der Waals surface area contributed by atoms with Crippen molar-refractivity contribution < 1.29 is 24.5 Å². The van der Waals surface area contributed by atoms with Gasteiger partial charge in [-0.05, 0) is 47.0 Å². The first-order valence-electron chi connectivity index (χ1n) is 10.7. The summed E-state index contributed by atoms with van der Waals surface area (Å²) in [7, 11) is 0. The molecule has 0 saturated carbocycles. The van der Waals surface area contributed by atoms with Gasteiger partial charge in [0.1, 0.15) is 17.9 Å². The predicted molar refractivity (Wildman–Crippen MR) is 120 cm³/mol. The molecule has 8 nitrogen and oxygen atoms in total. The van der Waals surface area contributed by atoms with Crippen molar-refractivity contribution >= 4 is 0 Å². The summed E-state index contributed by atoms with van der Waals surface area (Å²) >= 11 is 0. The van der Waals surface area contributed by atoms with E-state index in [4.69, 9.17) is 9.15 Å². The third kappa shape index (κ3) is 4.42. The highest BCUT2D eigenvalue weighted by atomic mass is 16.5. The van der Waals surface area contributed by atoms with Crippen LogP contribution >= 0.6 is 0 Å². The molecule has 0 amide bonds. The fourth-order valence-electron chi connectivity index (χ4n) is 3.98. The number of rotatable bonds is 5. The van der Waals surface area contributed by atoms with Gasteiger partial charge in [-0.3, -0.25) is 4.98 Å². The Hall–Kier alpha value is -3.43. The highest BCUT2D eigenvalue weighted by molar-refractivity contribution is 5.68. The number of aromatic nitrogens is 3. The van der Waals surface area contributed by atoms with Crippen LogP contribution in [-0.2, 0) is 4.74 Å². The zero-order valence-electron chi connectivity index (χ0n) is 17.7. The summed E-state index contributed by atoms with van der Waals surface area (Å²) < 4.78 is 11.6. The highest BCUT2D eigenvalue weighted by Gasteiger charge is 2.37. The molecule has 2 aromatic heterocycles. The summed E-state index contributed by atoms with van der Waals surface area (Å²) in [4.78, 5) is 4.22. The van der Waals surface area contributed by atoms with Crippen LogP contribution in [0.25, 0.3) is 34.2 Å². The number of hydrogen-bond donors (Lipinski definition) is 3. The summed E-state index contributed by atoms with van der Waals surface area (Å²) in [5.74, 6) is 0.760. The van der Waals surface area contributed by atoms with Gasteiger partial charge in [0.25, 0.3) is 5.89 Å². The second-order valence-corrected chi connectivity index (χ2v) is 7.99. The van der Waals surface area contributed by atoms with Gasteiger partial charge in [-0.15, -0.1) is 10.2 Å². The molecule has 4 aromatic rings. The molecule has 168 valence electrons. The molecule has 0 spiro atoms. The molecule has 5 rings (SSSR count). The maximum Gasteiger partial charge on any atom is 0.266 e. The van der Waals surface area contributed by atoms with Crippen molar-refractivity contribution in [2.75, 3.05) is 6.61 Å². The van der Waals surface area contributed by atoms with Crippen molar-refractivity contribution in [3.05, 3.63) is 78.5 Å². The lowest BCUT2D eigenvalue weighted by Crippen LogP contribution is -2.44. The Morgan fingerprint density at radius 2 is 1.64 bits per heavy atom. The van der Waals surface area contributed by atoms with Crippen molar-refractivity contribution in [1.82, 2.24) is 15.2 Å². The minimum atomic E-state index is -1.06. The normalized spacial score (nSPS) is 22.9. The van der Waals surface area contributed by atoms with Gasteiger partial charge in [0, 0.05) is 18.2 Å². The average molecular weight is 445 g/mol. The van der Waals surface area contributed by atoms with Gasteiger partial charge in [-0.25, -0.2) is 0 Å². The molecule has 3 heterocycles. The number of aliphatic hydroxyl groups is 3. The van der Waals surface area contributed by atoms with E-state index in [9.17, 15) is 15.3 Å². The fraction of sp³-hybridized carbons (Fsp3) is 0.240. The Morgan fingerprint density at radius 1 is 0.848 bits per heavy atom. The van der Waals surface area contributed by atoms with Crippen LogP contribution in [0.5, 0.6) is 0 Å². The summed E-state index contributed by atoms with van der Waals surface area (Å²) in [5.41, 5.74) is 4.01. The van der Waals surface area contributed by atoms with E-state index in [-0.39, 0.29) is 13.0 Å². The van der Waals surface area contributed by atoms with E-state index >= 15 is 0 Å². The van der Waals surface area contributed by atoms with Gasteiger partial charge in [-0.1, -0.05) is 36.4 Å². The van der Waals surface area contributed by atoms with E-state index in [1.807, 2.05) is 66.7 Å². The zero-order valence-corrected chi connectivity index (χ0v) is 17.7. The molecule has 2 aromatic carbocycles. The smallest absolute Gasteiger partial charge is 0.266 e. The van der Waals surface area contributed by atoms with Crippen LogP contribution in [-0.4, -0.2) is 55.4 Å². The molecule has 1 aliphatic rings. The molecule has 1 saturated heterocycles. The van der Waals surface area contributed by atoms with Crippen molar-refractivity contribution in [2.45, 2.75) is 30.8 Å². The Morgan fingerprint density at radius 3 is 2.39 bits per heavy atom. The lowest BCUT2D eigenvalue weighted by atomic mass is 9.91. The van der Waals surface area contributed by atoms with Crippen molar-refractivity contribution in [3.63, 3.8) is 0 Å². The predicted octanol–water partition coefficient (Wildman–Crippen LogP) is 3.01. The monoisotopic (exact) mass is 445 g/mol. The molecule has 8 heteroatoms.